The van der Waals surface area contributed by atoms with Gasteiger partial charge in [-0.05, 0) is 66.8 Å². The third kappa shape index (κ3) is 5.66. The largest absolute Gasteiger partial charge is 0.434 e. The van der Waals surface area contributed by atoms with Crippen molar-refractivity contribution in [3.8, 4) is 0 Å². The topological polar surface area (TPSA) is 79.0 Å². The fourth-order valence-corrected chi connectivity index (χ4v) is 8.87. The van der Waals surface area contributed by atoms with Gasteiger partial charge in [0, 0.05) is 29.8 Å². The van der Waals surface area contributed by atoms with Crippen molar-refractivity contribution in [3.05, 3.63) is 81.3 Å². The number of carbonyl (C=O) groups is 3. The fourth-order valence-electron chi connectivity index (χ4n) is 6.99. The molecule has 216 valence electrons. The van der Waals surface area contributed by atoms with Crippen LogP contribution >= 0.6 is 23.4 Å². The van der Waals surface area contributed by atoms with Gasteiger partial charge < -0.3 is 15.0 Å². The van der Waals surface area contributed by atoms with E-state index in [1.807, 2.05) is 54.6 Å². The molecule has 0 radical (unpaired) electrons. The van der Waals surface area contributed by atoms with E-state index in [0.717, 1.165) is 66.9 Å². The highest BCUT2D eigenvalue weighted by molar-refractivity contribution is 8.04. The van der Waals surface area contributed by atoms with Gasteiger partial charge in [-0.25, -0.2) is 0 Å². The van der Waals surface area contributed by atoms with Gasteiger partial charge in [0.05, 0.1) is 11.1 Å². The lowest BCUT2D eigenvalue weighted by molar-refractivity contribution is -0.171. The number of nitrogens with one attached hydrogen (secondary N) is 1. The van der Waals surface area contributed by atoms with Crippen molar-refractivity contribution < 1.29 is 19.1 Å². The summed E-state index contributed by atoms with van der Waals surface area (Å²) in [6, 6.07) is 17.0. The zero-order chi connectivity index (χ0) is 28.3. The first-order valence-corrected chi connectivity index (χ1v) is 15.9. The molecule has 4 atom stereocenters. The Kier molecular flexibility index (Phi) is 8.70. The Morgan fingerprint density at radius 2 is 1.83 bits per heavy atom. The third-order valence-corrected chi connectivity index (χ3v) is 10.8. The van der Waals surface area contributed by atoms with Crippen molar-refractivity contribution in [3.63, 3.8) is 0 Å². The van der Waals surface area contributed by atoms with E-state index in [4.69, 9.17) is 16.3 Å². The predicted molar refractivity (Wildman–Crippen MR) is 160 cm³/mol. The van der Waals surface area contributed by atoms with Crippen LogP contribution in [0.2, 0.25) is 5.02 Å². The van der Waals surface area contributed by atoms with Crippen molar-refractivity contribution in [1.82, 2.24) is 15.1 Å². The number of hydrogen-bond donors (Lipinski definition) is 1. The van der Waals surface area contributed by atoms with Gasteiger partial charge in [0.25, 0.3) is 18.6 Å². The number of carbonyl (C=O) groups excluding carboxylic acids is 3. The summed E-state index contributed by atoms with van der Waals surface area (Å²) in [6.07, 6.45) is 4.68. The maximum atomic E-state index is 14.5. The van der Waals surface area contributed by atoms with Gasteiger partial charge in [-0.15, -0.1) is 11.8 Å². The van der Waals surface area contributed by atoms with Crippen molar-refractivity contribution in [2.45, 2.75) is 62.5 Å². The summed E-state index contributed by atoms with van der Waals surface area (Å²) in [6.45, 7) is 2.40. The van der Waals surface area contributed by atoms with Crippen molar-refractivity contribution in [1.29, 1.82) is 0 Å². The lowest BCUT2D eigenvalue weighted by Crippen LogP contribution is -2.52. The van der Waals surface area contributed by atoms with Crippen LogP contribution in [0.1, 0.15) is 55.7 Å². The Hall–Kier alpha value is -2.81. The van der Waals surface area contributed by atoms with Crippen LogP contribution in [-0.2, 0) is 25.5 Å². The highest BCUT2D eigenvalue weighted by Gasteiger charge is 2.53. The molecule has 2 amide bonds. The molecule has 6 rings (SSSR count). The first kappa shape index (κ1) is 28.3. The number of fused-ring (bicyclic) bond motifs is 2. The van der Waals surface area contributed by atoms with Crippen LogP contribution in [0.5, 0.6) is 0 Å². The minimum atomic E-state index is -1.37. The molecule has 1 N–H and O–H groups in total. The van der Waals surface area contributed by atoms with Crippen LogP contribution in [0, 0.1) is 11.8 Å². The highest BCUT2D eigenvalue weighted by Crippen LogP contribution is 2.55. The van der Waals surface area contributed by atoms with Crippen molar-refractivity contribution in [2.24, 2.45) is 11.8 Å². The van der Waals surface area contributed by atoms with E-state index in [-0.39, 0.29) is 28.9 Å². The quantitative estimate of drug-likeness (QED) is 0.418. The maximum absolute atomic E-state index is 14.5. The molecule has 0 aromatic heterocycles. The molecule has 0 spiro atoms. The molecule has 7 nitrogen and oxygen atoms in total. The van der Waals surface area contributed by atoms with Gasteiger partial charge in [0.1, 0.15) is 0 Å². The molecule has 1 saturated carbocycles. The average molecular weight is 594 g/mol. The third-order valence-electron chi connectivity index (χ3n) is 8.96. The molecule has 9 heteroatoms. The number of thioether (sulfide) groups is 1. The minimum Gasteiger partial charge on any atom is -0.434 e. The molecular weight excluding hydrogens is 558 g/mol. The number of amides is 2. The SMILES string of the molecule is O=COC1C(=O)N(CCc2ccccc2)C2=C(C3CCNCC3S2)C(c2ccccc2Cl)N1C(=O)CC1CCCC1. The summed E-state index contributed by atoms with van der Waals surface area (Å²) < 4.78 is 5.59. The van der Waals surface area contributed by atoms with Crippen LogP contribution in [0.25, 0.3) is 0 Å². The maximum Gasteiger partial charge on any atom is 0.295 e. The zero-order valence-corrected chi connectivity index (χ0v) is 24.6. The molecule has 3 aliphatic heterocycles. The van der Waals surface area contributed by atoms with E-state index in [0.29, 0.717) is 30.9 Å². The molecule has 2 fully saturated rings. The monoisotopic (exact) mass is 593 g/mol. The van der Waals surface area contributed by atoms with Gasteiger partial charge in [-0.2, -0.15) is 0 Å². The molecule has 2 aromatic carbocycles. The second-order valence-electron chi connectivity index (χ2n) is 11.4. The number of nitrogens with zero attached hydrogens (tertiary/aromatic N) is 2. The number of piperidine rings is 1. The number of benzene rings is 2. The van der Waals surface area contributed by atoms with Gasteiger partial charge in [0.2, 0.25) is 5.91 Å². The Morgan fingerprint density at radius 3 is 2.59 bits per heavy atom. The summed E-state index contributed by atoms with van der Waals surface area (Å²) in [5.41, 5.74) is 2.92. The molecule has 2 aromatic rings. The molecule has 0 bridgehead atoms. The molecular formula is C32H36ClN3O4S. The summed E-state index contributed by atoms with van der Waals surface area (Å²) in [7, 11) is 0. The van der Waals surface area contributed by atoms with E-state index in [9.17, 15) is 14.4 Å². The Balaban J connectivity index is 1.50. The van der Waals surface area contributed by atoms with Gasteiger partial charge in [0.15, 0.2) is 0 Å². The molecule has 1 saturated heterocycles. The smallest absolute Gasteiger partial charge is 0.295 e. The zero-order valence-electron chi connectivity index (χ0n) is 23.0. The molecule has 4 aliphatic rings. The lowest BCUT2D eigenvalue weighted by Gasteiger charge is -2.39. The molecule has 4 unspecified atom stereocenters. The van der Waals surface area contributed by atoms with E-state index < -0.39 is 12.3 Å². The first-order chi connectivity index (χ1) is 20.1. The van der Waals surface area contributed by atoms with E-state index in [1.165, 1.54) is 0 Å². The summed E-state index contributed by atoms with van der Waals surface area (Å²) in [4.78, 5) is 44.1. The number of ether oxygens (including phenoxy) is 1. The first-order valence-electron chi connectivity index (χ1n) is 14.7. The fraction of sp³-hybridized carbons (Fsp3) is 0.469. The van der Waals surface area contributed by atoms with Crippen molar-refractivity contribution in [2.75, 3.05) is 19.6 Å². The molecule has 1 aliphatic carbocycles. The summed E-state index contributed by atoms with van der Waals surface area (Å²) in [5.74, 6) is -0.131. The normalized spacial score (nSPS) is 26.5. The number of rotatable bonds is 8. The minimum absolute atomic E-state index is 0.154. The highest BCUT2D eigenvalue weighted by atomic mass is 35.5. The van der Waals surface area contributed by atoms with Crippen LogP contribution in [0.3, 0.4) is 0 Å². The standard InChI is InChI=1S/C32H36ClN3O4S/c33-25-13-7-6-12-23(25)29-28-24-14-16-34-19-26(24)41-32(28)35(17-15-21-8-2-1-3-9-21)30(39)31(40-20-37)36(29)27(38)18-22-10-4-5-11-22/h1-3,6-9,12-13,20,22,24,26,29,31,34H,4-5,10-11,14-19H2. The van der Waals surface area contributed by atoms with Gasteiger partial charge >= 0.3 is 0 Å². The predicted octanol–water partition coefficient (Wildman–Crippen LogP) is 5.31. The second kappa shape index (κ2) is 12.6. The lowest BCUT2D eigenvalue weighted by atomic mass is 9.82. The van der Waals surface area contributed by atoms with Crippen LogP contribution in [0.4, 0.5) is 0 Å². The van der Waals surface area contributed by atoms with E-state index >= 15 is 0 Å². The van der Waals surface area contributed by atoms with Crippen LogP contribution in [0.15, 0.2) is 65.2 Å². The summed E-state index contributed by atoms with van der Waals surface area (Å²) in [5, 5.41) is 5.16. The van der Waals surface area contributed by atoms with Gasteiger partial charge in [-0.1, -0.05) is 73.0 Å². The van der Waals surface area contributed by atoms with Crippen molar-refractivity contribution >= 4 is 41.6 Å². The summed E-state index contributed by atoms with van der Waals surface area (Å²) >= 11 is 8.57. The number of halogens is 1. The van der Waals surface area contributed by atoms with Gasteiger partial charge in [-0.3, -0.25) is 19.3 Å². The van der Waals surface area contributed by atoms with E-state index in [2.05, 4.69) is 5.32 Å². The number of hydrogen-bond acceptors (Lipinski definition) is 6. The van der Waals surface area contributed by atoms with Crippen LogP contribution < -0.4 is 5.32 Å². The molecule has 41 heavy (non-hydrogen) atoms. The molecule has 3 heterocycles. The Morgan fingerprint density at radius 1 is 1.07 bits per heavy atom. The second-order valence-corrected chi connectivity index (χ2v) is 13.0. The average Bonchev–Trinajstić information content (AvgIpc) is 3.62. The Labute approximate surface area is 250 Å². The van der Waals surface area contributed by atoms with Crippen LogP contribution in [-0.4, -0.2) is 59.2 Å². The Bertz CT molecular complexity index is 1320. The van der Waals surface area contributed by atoms with E-state index in [1.54, 1.807) is 21.6 Å².